The van der Waals surface area contributed by atoms with Crippen LogP contribution in [0.2, 0.25) is 0 Å². The van der Waals surface area contributed by atoms with E-state index in [1.165, 1.54) is 0 Å². The average molecular weight is 316 g/mol. The fourth-order valence-corrected chi connectivity index (χ4v) is 4.09. The molecule has 1 saturated carbocycles. The minimum absolute atomic E-state index is 0.134. The molecule has 1 aromatic rings. The topological polar surface area (TPSA) is 40.6 Å². The number of piperidine rings is 1. The van der Waals surface area contributed by atoms with Gasteiger partial charge in [0.05, 0.1) is 5.41 Å². The van der Waals surface area contributed by atoms with Crippen molar-refractivity contribution in [2.45, 2.75) is 43.7 Å². The fraction of sp³-hybridized carbons (Fsp3) is 0.556. The van der Waals surface area contributed by atoms with Gasteiger partial charge in [0.1, 0.15) is 0 Å². The van der Waals surface area contributed by atoms with Crippen molar-refractivity contribution in [1.29, 1.82) is 0 Å². The lowest BCUT2D eigenvalue weighted by molar-refractivity contribution is -0.141. The summed E-state index contributed by atoms with van der Waals surface area (Å²) in [5, 5.41) is 0. The first kappa shape index (κ1) is 14.7. The van der Waals surface area contributed by atoms with Crippen LogP contribution in [0.5, 0.6) is 0 Å². The molecule has 2 amide bonds. The molecule has 1 spiro atoms. The molecule has 122 valence electrons. The molecule has 2 heterocycles. The van der Waals surface area contributed by atoms with Gasteiger partial charge in [0.2, 0.25) is 5.91 Å². The van der Waals surface area contributed by atoms with Crippen LogP contribution in [0.25, 0.3) is 0 Å². The Labute approximate surface area is 135 Å². The monoisotopic (exact) mass is 316 g/mol. The molecule has 0 atom stereocenters. The first-order valence-electron chi connectivity index (χ1n) is 8.42. The minimum atomic E-state index is -1.61. The number of benzene rings is 1. The third-order valence-corrected chi connectivity index (χ3v) is 5.66. The number of likely N-dealkylation sites (N-methyl/N-ethyl adjacent to an activating group) is 1. The Kier molecular flexibility index (Phi) is 3.06. The van der Waals surface area contributed by atoms with E-state index >= 15 is 0 Å². The zero-order valence-corrected chi connectivity index (χ0v) is 13.3. The second kappa shape index (κ2) is 4.79. The van der Waals surface area contributed by atoms with Gasteiger partial charge in [0, 0.05) is 25.3 Å². The number of likely N-dealkylation sites (tertiary alicyclic amines) is 1. The molecule has 3 aliphatic rings. The Morgan fingerprint density at radius 3 is 2.43 bits per heavy atom. The molecule has 0 unspecified atom stereocenters. The third kappa shape index (κ3) is 1.95. The maximum Gasteiger partial charge on any atom is 0.260 e. The average Bonchev–Trinajstić information content (AvgIpc) is 3.29. The normalized spacial score (nSPS) is 24.0. The number of anilines is 1. The van der Waals surface area contributed by atoms with Crippen LogP contribution >= 0.6 is 0 Å². The number of halogens is 1. The molecular weight excluding hydrogens is 295 g/mol. The van der Waals surface area contributed by atoms with E-state index in [0.717, 1.165) is 11.3 Å². The Balaban J connectivity index is 1.61. The molecule has 0 aromatic heterocycles. The molecule has 2 aliphatic heterocycles. The highest BCUT2D eigenvalue weighted by atomic mass is 19.1. The van der Waals surface area contributed by atoms with E-state index in [4.69, 9.17) is 0 Å². The molecule has 23 heavy (non-hydrogen) atoms. The molecule has 1 aromatic carbocycles. The number of carbonyl (C=O) groups is 2. The van der Waals surface area contributed by atoms with Gasteiger partial charge in [-0.05, 0) is 44.2 Å². The molecule has 5 heteroatoms. The predicted molar refractivity (Wildman–Crippen MR) is 85.0 cm³/mol. The van der Waals surface area contributed by atoms with Gasteiger partial charge in [-0.15, -0.1) is 0 Å². The summed E-state index contributed by atoms with van der Waals surface area (Å²) in [4.78, 5) is 28.6. The molecule has 0 radical (unpaired) electrons. The summed E-state index contributed by atoms with van der Waals surface area (Å²) in [7, 11) is 0. The van der Waals surface area contributed by atoms with Crippen molar-refractivity contribution in [1.82, 2.24) is 4.90 Å². The largest absolute Gasteiger partial charge is 0.340 e. The van der Waals surface area contributed by atoms with Crippen molar-refractivity contribution in [3.63, 3.8) is 0 Å². The molecule has 0 bridgehead atoms. The van der Waals surface area contributed by atoms with Crippen LogP contribution in [0.3, 0.4) is 0 Å². The maximum absolute atomic E-state index is 14.0. The van der Waals surface area contributed by atoms with Gasteiger partial charge in [-0.25, -0.2) is 4.39 Å². The zero-order valence-electron chi connectivity index (χ0n) is 13.3. The minimum Gasteiger partial charge on any atom is -0.340 e. The van der Waals surface area contributed by atoms with Crippen molar-refractivity contribution in [2.24, 2.45) is 0 Å². The number of para-hydroxylation sites is 1. The van der Waals surface area contributed by atoms with E-state index in [2.05, 4.69) is 0 Å². The second-order valence-electron chi connectivity index (χ2n) is 6.91. The summed E-state index contributed by atoms with van der Waals surface area (Å²) in [5.41, 5.74) is -0.0854. The first-order valence-corrected chi connectivity index (χ1v) is 8.42. The van der Waals surface area contributed by atoms with E-state index < -0.39 is 11.1 Å². The number of rotatable bonds is 2. The Morgan fingerprint density at radius 1 is 1.17 bits per heavy atom. The van der Waals surface area contributed by atoms with Crippen LogP contribution in [0.4, 0.5) is 10.1 Å². The van der Waals surface area contributed by atoms with E-state index in [9.17, 15) is 14.0 Å². The van der Waals surface area contributed by atoms with Crippen molar-refractivity contribution < 1.29 is 14.0 Å². The van der Waals surface area contributed by atoms with E-state index in [-0.39, 0.29) is 11.8 Å². The summed E-state index contributed by atoms with van der Waals surface area (Å²) in [5.74, 6) is -0.242. The van der Waals surface area contributed by atoms with Gasteiger partial charge >= 0.3 is 0 Å². The van der Waals surface area contributed by atoms with Crippen LogP contribution < -0.4 is 4.90 Å². The highest BCUT2D eigenvalue weighted by Gasteiger charge is 2.56. The lowest BCUT2D eigenvalue weighted by atomic mass is 9.73. The summed E-state index contributed by atoms with van der Waals surface area (Å²) in [6.45, 7) is 3.55. The van der Waals surface area contributed by atoms with Crippen molar-refractivity contribution in [2.75, 3.05) is 24.5 Å². The van der Waals surface area contributed by atoms with Crippen LogP contribution in [0.15, 0.2) is 24.3 Å². The highest BCUT2D eigenvalue weighted by molar-refractivity contribution is 6.08. The van der Waals surface area contributed by atoms with E-state index in [1.807, 2.05) is 36.1 Å². The van der Waals surface area contributed by atoms with Crippen molar-refractivity contribution in [3.05, 3.63) is 29.8 Å². The first-order chi connectivity index (χ1) is 11.0. The molecule has 1 aliphatic carbocycles. The van der Waals surface area contributed by atoms with Crippen LogP contribution in [0, 0.1) is 0 Å². The molecule has 2 fully saturated rings. The lowest BCUT2D eigenvalue weighted by Gasteiger charge is -2.39. The SMILES string of the molecule is CCN1C(=O)C2(CCN(C(=O)C3(F)CC3)CC2)c2ccccc21. The van der Waals surface area contributed by atoms with E-state index in [1.54, 1.807) is 4.90 Å². The summed E-state index contributed by atoms with van der Waals surface area (Å²) >= 11 is 0. The third-order valence-electron chi connectivity index (χ3n) is 5.66. The zero-order chi connectivity index (χ0) is 16.2. The number of hydrogen-bond acceptors (Lipinski definition) is 2. The Morgan fingerprint density at radius 2 is 1.83 bits per heavy atom. The fourth-order valence-electron chi connectivity index (χ4n) is 4.09. The summed E-state index contributed by atoms with van der Waals surface area (Å²) < 4.78 is 14.0. The van der Waals surface area contributed by atoms with Gasteiger partial charge in [-0.3, -0.25) is 9.59 Å². The second-order valence-corrected chi connectivity index (χ2v) is 6.91. The maximum atomic E-state index is 14.0. The standard InChI is InChI=1S/C18H21FN2O2/c1-2-21-14-6-4-3-5-13(14)17(15(21)22)9-11-20(12-10-17)16(23)18(19)7-8-18/h3-6H,2,7-12H2,1H3. The molecular formula is C18H21FN2O2. The Bertz CT molecular complexity index is 675. The smallest absolute Gasteiger partial charge is 0.260 e. The van der Waals surface area contributed by atoms with Gasteiger partial charge in [0.15, 0.2) is 5.67 Å². The van der Waals surface area contributed by atoms with Gasteiger partial charge in [-0.2, -0.15) is 0 Å². The molecule has 4 nitrogen and oxygen atoms in total. The van der Waals surface area contributed by atoms with Gasteiger partial charge in [-0.1, -0.05) is 18.2 Å². The number of hydrogen-bond donors (Lipinski definition) is 0. The van der Waals surface area contributed by atoms with Crippen LogP contribution in [-0.4, -0.2) is 42.0 Å². The van der Waals surface area contributed by atoms with Gasteiger partial charge < -0.3 is 9.80 Å². The molecule has 4 rings (SSSR count). The number of amides is 2. The van der Waals surface area contributed by atoms with Crippen molar-refractivity contribution >= 4 is 17.5 Å². The predicted octanol–water partition coefficient (Wildman–Crippen LogP) is 2.42. The quantitative estimate of drug-likeness (QED) is 0.841. The highest BCUT2D eigenvalue weighted by Crippen LogP contribution is 2.49. The Hall–Kier alpha value is -1.91. The number of fused-ring (bicyclic) bond motifs is 2. The van der Waals surface area contributed by atoms with E-state index in [0.29, 0.717) is 45.3 Å². The molecule has 0 N–H and O–H groups in total. The lowest BCUT2D eigenvalue weighted by Crippen LogP contribution is -2.51. The summed E-state index contributed by atoms with van der Waals surface area (Å²) in [6.07, 6.45) is 1.86. The number of nitrogens with zero attached hydrogens (tertiary/aromatic N) is 2. The van der Waals surface area contributed by atoms with Crippen molar-refractivity contribution in [3.8, 4) is 0 Å². The van der Waals surface area contributed by atoms with Crippen LogP contribution in [0.1, 0.15) is 38.2 Å². The summed E-state index contributed by atoms with van der Waals surface area (Å²) in [6, 6.07) is 7.93. The number of alkyl halides is 1. The number of carbonyl (C=O) groups excluding carboxylic acids is 2. The van der Waals surface area contributed by atoms with Gasteiger partial charge in [0.25, 0.3) is 5.91 Å². The molecule has 1 saturated heterocycles. The van der Waals surface area contributed by atoms with Crippen LogP contribution in [-0.2, 0) is 15.0 Å².